The highest BCUT2D eigenvalue weighted by Crippen LogP contribution is 2.56. The highest BCUT2D eigenvalue weighted by atomic mass is 19.4. The molecule has 2 rings (SSSR count). The molecule has 0 aliphatic heterocycles. The zero-order valence-corrected chi connectivity index (χ0v) is 15.2. The maximum atomic E-state index is 13.7. The molecule has 7 heteroatoms. The Hall–Kier alpha value is -1.76. The lowest BCUT2D eigenvalue weighted by atomic mass is 9.85. The highest BCUT2D eigenvalue weighted by molar-refractivity contribution is 5.98. The Balaban J connectivity index is 2.59. The smallest absolute Gasteiger partial charge is 0.421 e. The number of amidine groups is 1. The predicted molar refractivity (Wildman–Crippen MR) is 90.1 cm³/mol. The molecular formula is C18H25F3N2O2. The Bertz CT molecular complexity index is 669. The van der Waals surface area contributed by atoms with Crippen LogP contribution in [0.4, 0.5) is 13.2 Å². The zero-order chi connectivity index (χ0) is 19.2. The van der Waals surface area contributed by atoms with Gasteiger partial charge >= 0.3 is 6.18 Å². The molecule has 1 aromatic rings. The van der Waals surface area contributed by atoms with Crippen LogP contribution in [0.15, 0.2) is 12.1 Å². The Kier molecular flexibility index (Phi) is 5.10. The lowest BCUT2D eigenvalue weighted by Crippen LogP contribution is -2.44. The summed E-state index contributed by atoms with van der Waals surface area (Å²) in [5.74, 6) is -0.710. The molecule has 0 amide bonds. The van der Waals surface area contributed by atoms with E-state index in [2.05, 4.69) is 0 Å². The van der Waals surface area contributed by atoms with Crippen molar-refractivity contribution in [3.05, 3.63) is 28.8 Å². The number of benzene rings is 1. The Morgan fingerprint density at radius 3 is 2.28 bits per heavy atom. The van der Waals surface area contributed by atoms with Crippen LogP contribution < -0.4 is 4.74 Å². The summed E-state index contributed by atoms with van der Waals surface area (Å²) < 4.78 is 46.2. The molecule has 0 aromatic heterocycles. The third kappa shape index (κ3) is 3.34. The molecule has 1 unspecified atom stereocenters. The standard InChI is InChI=1S/C18H25F3N2O2/c1-10(2)23(4)16(22)13-9-15(25-5)14(8-11(13)3)17(24,12-6-7-12)18(19,20)21/h8-10,12,22,24H,6-7H2,1-5H3. The second-order valence-corrected chi connectivity index (χ2v) is 6.96. The molecule has 0 spiro atoms. The van der Waals surface area contributed by atoms with Crippen molar-refractivity contribution in [2.45, 2.75) is 51.4 Å². The number of halogens is 3. The van der Waals surface area contributed by atoms with Crippen molar-refractivity contribution in [3.63, 3.8) is 0 Å². The quantitative estimate of drug-likeness (QED) is 0.621. The van der Waals surface area contributed by atoms with Gasteiger partial charge in [-0.2, -0.15) is 13.2 Å². The summed E-state index contributed by atoms with van der Waals surface area (Å²) in [5.41, 5.74) is -2.21. The number of nitrogens with one attached hydrogen (secondary N) is 1. The molecule has 1 aromatic carbocycles. The largest absolute Gasteiger partial charge is 0.496 e. The Morgan fingerprint density at radius 1 is 1.32 bits per heavy atom. The Morgan fingerprint density at radius 2 is 1.88 bits per heavy atom. The molecule has 2 N–H and O–H groups in total. The maximum absolute atomic E-state index is 13.7. The zero-order valence-electron chi connectivity index (χ0n) is 15.2. The fourth-order valence-corrected chi connectivity index (χ4v) is 2.96. The van der Waals surface area contributed by atoms with E-state index < -0.39 is 17.7 Å². The topological polar surface area (TPSA) is 56.5 Å². The molecule has 4 nitrogen and oxygen atoms in total. The molecule has 1 saturated carbocycles. The van der Waals surface area contributed by atoms with Crippen LogP contribution in [0.2, 0.25) is 0 Å². The first-order valence-corrected chi connectivity index (χ1v) is 8.25. The number of methoxy groups -OCH3 is 1. The van der Waals surface area contributed by atoms with Gasteiger partial charge in [-0.25, -0.2) is 0 Å². The van der Waals surface area contributed by atoms with Gasteiger partial charge in [0.1, 0.15) is 11.6 Å². The summed E-state index contributed by atoms with van der Waals surface area (Å²) in [6.45, 7) is 5.49. The molecule has 0 heterocycles. The normalized spacial score (nSPS) is 17.4. The summed E-state index contributed by atoms with van der Waals surface area (Å²) in [7, 11) is 3.03. The van der Waals surface area contributed by atoms with Gasteiger partial charge in [0.15, 0.2) is 5.60 Å². The SMILES string of the molecule is COc1cc(C(=N)N(C)C(C)C)c(C)cc1C(O)(C1CC1)C(F)(F)F. The molecule has 0 radical (unpaired) electrons. The number of aliphatic hydroxyl groups is 1. The molecule has 1 fully saturated rings. The number of alkyl halides is 3. The van der Waals surface area contributed by atoms with Gasteiger partial charge in [-0.15, -0.1) is 0 Å². The lowest BCUT2D eigenvalue weighted by Gasteiger charge is -2.33. The van der Waals surface area contributed by atoms with E-state index in [0.29, 0.717) is 24.0 Å². The van der Waals surface area contributed by atoms with E-state index in [1.54, 1.807) is 18.9 Å². The molecule has 140 valence electrons. The van der Waals surface area contributed by atoms with Gasteiger partial charge in [-0.3, -0.25) is 5.41 Å². The van der Waals surface area contributed by atoms with E-state index >= 15 is 0 Å². The van der Waals surface area contributed by atoms with E-state index in [1.807, 2.05) is 13.8 Å². The third-order valence-corrected chi connectivity index (χ3v) is 4.94. The van der Waals surface area contributed by atoms with E-state index in [-0.39, 0.29) is 23.2 Å². The summed E-state index contributed by atoms with van der Waals surface area (Å²) in [6, 6.07) is 2.80. The van der Waals surface area contributed by atoms with E-state index in [0.717, 1.165) is 0 Å². The third-order valence-electron chi connectivity index (χ3n) is 4.94. The van der Waals surface area contributed by atoms with Crippen LogP contribution in [-0.2, 0) is 5.60 Å². The van der Waals surface area contributed by atoms with Crippen LogP contribution in [0.25, 0.3) is 0 Å². The molecule has 1 aliphatic rings. The monoisotopic (exact) mass is 358 g/mol. The minimum atomic E-state index is -4.79. The second kappa shape index (κ2) is 6.52. The molecule has 25 heavy (non-hydrogen) atoms. The highest BCUT2D eigenvalue weighted by Gasteiger charge is 2.63. The van der Waals surface area contributed by atoms with E-state index in [1.165, 1.54) is 19.2 Å². The maximum Gasteiger partial charge on any atom is 0.421 e. The van der Waals surface area contributed by atoms with Crippen molar-refractivity contribution in [1.29, 1.82) is 5.41 Å². The van der Waals surface area contributed by atoms with Gasteiger partial charge < -0.3 is 14.7 Å². The van der Waals surface area contributed by atoms with Crippen molar-refractivity contribution in [2.24, 2.45) is 5.92 Å². The lowest BCUT2D eigenvalue weighted by molar-refractivity contribution is -0.275. The molecule has 1 aliphatic carbocycles. The first kappa shape index (κ1) is 19.6. The number of nitrogens with zero attached hydrogens (tertiary/aromatic N) is 1. The van der Waals surface area contributed by atoms with Crippen molar-refractivity contribution < 1.29 is 23.0 Å². The summed E-state index contributed by atoms with van der Waals surface area (Å²) in [6.07, 6.45) is -4.14. The van der Waals surface area contributed by atoms with Crippen LogP contribution >= 0.6 is 0 Å². The average Bonchev–Trinajstić information content (AvgIpc) is 3.36. The van der Waals surface area contributed by atoms with Gasteiger partial charge in [0.2, 0.25) is 0 Å². The average molecular weight is 358 g/mol. The molecule has 0 saturated heterocycles. The van der Waals surface area contributed by atoms with Crippen LogP contribution in [0.3, 0.4) is 0 Å². The van der Waals surface area contributed by atoms with Gasteiger partial charge in [0, 0.05) is 30.1 Å². The number of rotatable bonds is 5. The molecular weight excluding hydrogens is 333 g/mol. The van der Waals surface area contributed by atoms with Crippen LogP contribution in [-0.4, -0.2) is 42.2 Å². The van der Waals surface area contributed by atoms with Crippen molar-refractivity contribution in [2.75, 3.05) is 14.2 Å². The number of aryl methyl sites for hydroxylation is 1. The fourth-order valence-electron chi connectivity index (χ4n) is 2.96. The molecule has 0 bridgehead atoms. The first-order valence-electron chi connectivity index (χ1n) is 8.25. The Labute approximate surface area is 146 Å². The predicted octanol–water partition coefficient (Wildman–Crippen LogP) is 3.83. The van der Waals surface area contributed by atoms with E-state index in [9.17, 15) is 18.3 Å². The minimum absolute atomic E-state index is 0.0470. The number of hydrogen-bond donors (Lipinski definition) is 2. The second-order valence-electron chi connectivity index (χ2n) is 6.96. The number of hydrogen-bond acceptors (Lipinski definition) is 3. The van der Waals surface area contributed by atoms with Gasteiger partial charge in [0.05, 0.1) is 7.11 Å². The van der Waals surface area contributed by atoms with E-state index in [4.69, 9.17) is 10.1 Å². The summed E-state index contributed by atoms with van der Waals surface area (Å²) >= 11 is 0. The number of ether oxygens (including phenoxy) is 1. The minimum Gasteiger partial charge on any atom is -0.496 e. The fraction of sp³-hybridized carbons (Fsp3) is 0.611. The summed E-state index contributed by atoms with van der Waals surface area (Å²) in [5, 5.41) is 18.9. The van der Waals surface area contributed by atoms with Gasteiger partial charge in [-0.05, 0) is 51.3 Å². The van der Waals surface area contributed by atoms with Crippen molar-refractivity contribution >= 4 is 5.84 Å². The summed E-state index contributed by atoms with van der Waals surface area (Å²) in [4.78, 5) is 1.72. The van der Waals surface area contributed by atoms with Crippen molar-refractivity contribution in [1.82, 2.24) is 4.90 Å². The van der Waals surface area contributed by atoms with Crippen LogP contribution in [0, 0.1) is 18.3 Å². The van der Waals surface area contributed by atoms with Crippen LogP contribution in [0.5, 0.6) is 5.75 Å². The first-order chi connectivity index (χ1) is 11.4. The van der Waals surface area contributed by atoms with Gasteiger partial charge in [-0.1, -0.05) is 0 Å². The van der Waals surface area contributed by atoms with Gasteiger partial charge in [0.25, 0.3) is 0 Å². The van der Waals surface area contributed by atoms with Crippen LogP contribution in [0.1, 0.15) is 43.4 Å². The van der Waals surface area contributed by atoms with Crippen molar-refractivity contribution in [3.8, 4) is 5.75 Å². The molecule has 1 atom stereocenters.